The Morgan fingerprint density at radius 2 is 2.14 bits per heavy atom. The zero-order chi connectivity index (χ0) is 20.6. The number of hydrogen-bond acceptors (Lipinski definition) is 7. The molecule has 3 heterocycles. The van der Waals surface area contributed by atoms with Crippen LogP contribution < -0.4 is 0 Å². The van der Waals surface area contributed by atoms with Crippen LogP contribution >= 0.6 is 0 Å². The van der Waals surface area contributed by atoms with Gasteiger partial charge in [-0.15, -0.1) is 0 Å². The minimum Gasteiger partial charge on any atom is -0.384 e. The fourth-order valence-corrected chi connectivity index (χ4v) is 6.45. The smallest absolute Gasteiger partial charge is 0.231 e. The Balaban J connectivity index is 1.52. The number of nitrogens with zero attached hydrogens (tertiary/aromatic N) is 3. The molecule has 10 heteroatoms. The molecule has 0 N–H and O–H groups in total. The lowest BCUT2D eigenvalue weighted by Crippen LogP contribution is -2.67. The number of amides is 1. The average Bonchev–Trinajstić information content (AvgIpc) is 3.21. The molecule has 156 valence electrons. The summed E-state index contributed by atoms with van der Waals surface area (Å²) in [5, 5.41) is 3.92. The van der Waals surface area contributed by atoms with Crippen LogP contribution in [0.4, 0.5) is 4.39 Å². The number of rotatable bonds is 6. The summed E-state index contributed by atoms with van der Waals surface area (Å²) < 4.78 is 48.6. The quantitative estimate of drug-likeness (QED) is 0.690. The highest BCUT2D eigenvalue weighted by Crippen LogP contribution is 2.49. The molecule has 0 aliphatic carbocycles. The third-order valence-corrected chi connectivity index (χ3v) is 8.36. The first-order chi connectivity index (χ1) is 13.9. The molecule has 0 bridgehead atoms. The van der Waals surface area contributed by atoms with Gasteiger partial charge in [-0.2, -0.15) is 4.98 Å². The van der Waals surface area contributed by atoms with Gasteiger partial charge in [0.05, 0.1) is 24.7 Å². The fourth-order valence-electron chi connectivity index (χ4n) is 4.14. The number of carbonyl (C=O) groups excluding carboxylic acids is 1. The first-order valence-electron chi connectivity index (χ1n) is 9.41. The second-order valence-electron chi connectivity index (χ2n) is 7.53. The van der Waals surface area contributed by atoms with E-state index in [2.05, 4.69) is 10.1 Å². The molecule has 2 aromatic rings. The molecule has 2 aliphatic heterocycles. The molecule has 1 atom stereocenters. The van der Waals surface area contributed by atoms with Crippen molar-refractivity contribution in [2.75, 3.05) is 32.6 Å². The Morgan fingerprint density at radius 1 is 1.38 bits per heavy atom. The van der Waals surface area contributed by atoms with Crippen LogP contribution in [0, 0.1) is 5.82 Å². The Labute approximate surface area is 168 Å². The standard InChI is InChI=1S/C19H22FN3O5S/c1-27-8-6-17(24)23-11-19(12-23)14(7-9-29(19,25)26)18-21-16(22-28-18)10-13-4-2-3-5-15(13)20/h2-5,14H,6-12H2,1H3. The zero-order valence-electron chi connectivity index (χ0n) is 16.0. The summed E-state index contributed by atoms with van der Waals surface area (Å²) in [6.45, 7) is 0.530. The maximum Gasteiger partial charge on any atom is 0.231 e. The lowest BCUT2D eigenvalue weighted by molar-refractivity contribution is -0.137. The van der Waals surface area contributed by atoms with Crippen LogP contribution in [0.15, 0.2) is 28.8 Å². The Bertz CT molecular complexity index is 1020. The summed E-state index contributed by atoms with van der Waals surface area (Å²) in [4.78, 5) is 18.1. The van der Waals surface area contributed by atoms with Gasteiger partial charge in [0.1, 0.15) is 10.6 Å². The summed E-state index contributed by atoms with van der Waals surface area (Å²) in [6, 6.07) is 6.33. The van der Waals surface area contributed by atoms with Gasteiger partial charge in [0, 0.05) is 26.6 Å². The first kappa shape index (κ1) is 20.0. The van der Waals surface area contributed by atoms with E-state index in [-0.39, 0.29) is 49.3 Å². The summed E-state index contributed by atoms with van der Waals surface area (Å²) in [7, 11) is -1.89. The van der Waals surface area contributed by atoms with E-state index in [0.29, 0.717) is 24.4 Å². The van der Waals surface area contributed by atoms with Crippen molar-refractivity contribution in [3.8, 4) is 0 Å². The maximum atomic E-state index is 13.9. The molecule has 8 nitrogen and oxygen atoms in total. The maximum absolute atomic E-state index is 13.9. The van der Waals surface area contributed by atoms with Gasteiger partial charge in [0.25, 0.3) is 0 Å². The first-order valence-corrected chi connectivity index (χ1v) is 11.1. The Morgan fingerprint density at radius 3 is 2.86 bits per heavy atom. The number of aromatic nitrogens is 2. The van der Waals surface area contributed by atoms with E-state index in [9.17, 15) is 17.6 Å². The molecule has 29 heavy (non-hydrogen) atoms. The number of methoxy groups -OCH3 is 1. The normalized spacial score (nSPS) is 22.0. The fraction of sp³-hybridized carbons (Fsp3) is 0.526. The van der Waals surface area contributed by atoms with Gasteiger partial charge in [-0.3, -0.25) is 4.79 Å². The minimum absolute atomic E-state index is 0.0167. The van der Waals surface area contributed by atoms with E-state index in [1.165, 1.54) is 18.1 Å². The summed E-state index contributed by atoms with van der Waals surface area (Å²) in [5.74, 6) is -0.408. The number of benzene rings is 1. The molecule has 0 saturated carbocycles. The third kappa shape index (κ3) is 3.44. The van der Waals surface area contributed by atoms with E-state index in [1.807, 2.05) is 0 Å². The van der Waals surface area contributed by atoms with Gasteiger partial charge in [-0.05, 0) is 18.1 Å². The van der Waals surface area contributed by atoms with Crippen molar-refractivity contribution in [2.45, 2.75) is 29.9 Å². The molecule has 2 aliphatic rings. The Hall–Kier alpha value is -2.33. The molecule has 1 amide bonds. The predicted octanol–water partition coefficient (Wildman–Crippen LogP) is 1.32. The second kappa shape index (κ2) is 7.49. The number of ether oxygens (including phenoxy) is 1. The van der Waals surface area contributed by atoms with Crippen LogP contribution in [0.5, 0.6) is 0 Å². The molecule has 1 aromatic carbocycles. The number of carbonyl (C=O) groups is 1. The van der Waals surface area contributed by atoms with Crippen LogP contribution in [0.1, 0.15) is 36.0 Å². The van der Waals surface area contributed by atoms with E-state index >= 15 is 0 Å². The topological polar surface area (TPSA) is 103 Å². The summed E-state index contributed by atoms with van der Waals surface area (Å²) >= 11 is 0. The molecular formula is C19H22FN3O5S. The van der Waals surface area contributed by atoms with E-state index < -0.39 is 20.5 Å². The van der Waals surface area contributed by atoms with Crippen LogP contribution in [0.25, 0.3) is 0 Å². The van der Waals surface area contributed by atoms with Gasteiger partial charge in [0.15, 0.2) is 15.7 Å². The van der Waals surface area contributed by atoms with Crippen molar-refractivity contribution in [3.05, 3.63) is 47.4 Å². The second-order valence-corrected chi connectivity index (χ2v) is 9.99. The van der Waals surface area contributed by atoms with E-state index in [1.54, 1.807) is 18.2 Å². The largest absolute Gasteiger partial charge is 0.384 e. The average molecular weight is 423 g/mol. The summed E-state index contributed by atoms with van der Waals surface area (Å²) in [5.41, 5.74) is 0.437. The molecule has 1 spiro atoms. The van der Waals surface area contributed by atoms with Crippen molar-refractivity contribution in [3.63, 3.8) is 0 Å². The lowest BCUT2D eigenvalue weighted by atomic mass is 9.83. The zero-order valence-corrected chi connectivity index (χ0v) is 16.8. The van der Waals surface area contributed by atoms with Gasteiger partial charge in [0.2, 0.25) is 11.8 Å². The van der Waals surface area contributed by atoms with Crippen LogP contribution in [-0.4, -0.2) is 66.7 Å². The number of sulfone groups is 1. The monoisotopic (exact) mass is 423 g/mol. The molecule has 1 aromatic heterocycles. The van der Waals surface area contributed by atoms with Gasteiger partial charge in [-0.25, -0.2) is 12.8 Å². The van der Waals surface area contributed by atoms with Crippen molar-refractivity contribution in [1.29, 1.82) is 0 Å². The highest BCUT2D eigenvalue weighted by atomic mass is 32.2. The van der Waals surface area contributed by atoms with Crippen molar-refractivity contribution in [1.82, 2.24) is 15.0 Å². The molecule has 0 radical (unpaired) electrons. The predicted molar refractivity (Wildman–Crippen MR) is 100 cm³/mol. The van der Waals surface area contributed by atoms with E-state index in [0.717, 1.165) is 0 Å². The third-order valence-electron chi connectivity index (χ3n) is 5.81. The molecule has 2 fully saturated rings. The van der Waals surface area contributed by atoms with Crippen LogP contribution in [0.2, 0.25) is 0 Å². The highest BCUT2D eigenvalue weighted by molar-refractivity contribution is 7.93. The molecule has 1 unspecified atom stereocenters. The molecule has 2 saturated heterocycles. The lowest BCUT2D eigenvalue weighted by Gasteiger charge is -2.49. The van der Waals surface area contributed by atoms with Crippen LogP contribution in [0.3, 0.4) is 0 Å². The Kier molecular flexibility index (Phi) is 5.16. The van der Waals surface area contributed by atoms with Gasteiger partial charge >= 0.3 is 0 Å². The van der Waals surface area contributed by atoms with Crippen molar-refractivity contribution in [2.24, 2.45) is 0 Å². The highest BCUT2D eigenvalue weighted by Gasteiger charge is 2.64. The summed E-state index contributed by atoms with van der Waals surface area (Å²) in [6.07, 6.45) is 0.735. The molecular weight excluding hydrogens is 401 g/mol. The molecule has 4 rings (SSSR count). The van der Waals surface area contributed by atoms with E-state index in [4.69, 9.17) is 9.26 Å². The SMILES string of the molecule is COCCC(=O)N1CC2(C1)C(c1nc(Cc3ccccc3F)no1)CCS2(=O)=O. The van der Waals surface area contributed by atoms with Crippen molar-refractivity contribution < 1.29 is 26.9 Å². The van der Waals surface area contributed by atoms with Crippen LogP contribution in [-0.2, 0) is 25.8 Å². The van der Waals surface area contributed by atoms with Gasteiger partial charge < -0.3 is 14.2 Å². The number of halogens is 1. The number of hydrogen-bond donors (Lipinski definition) is 0. The van der Waals surface area contributed by atoms with Crippen molar-refractivity contribution >= 4 is 15.7 Å². The van der Waals surface area contributed by atoms with Gasteiger partial charge in [-0.1, -0.05) is 23.4 Å². The minimum atomic E-state index is -3.40. The number of likely N-dealkylation sites (tertiary alicyclic amines) is 1.